The summed E-state index contributed by atoms with van der Waals surface area (Å²) < 4.78 is 0. The summed E-state index contributed by atoms with van der Waals surface area (Å²) in [6, 6.07) is -2.13. The van der Waals surface area contributed by atoms with Crippen molar-refractivity contribution < 1.29 is 9.59 Å². The molecule has 0 aliphatic heterocycles. The van der Waals surface area contributed by atoms with Gasteiger partial charge >= 0.3 is 12.1 Å². The molecule has 0 aromatic rings. The van der Waals surface area contributed by atoms with Crippen LogP contribution in [0.3, 0.4) is 0 Å². The number of urea groups is 2. The van der Waals surface area contributed by atoms with Crippen molar-refractivity contribution in [3.63, 3.8) is 0 Å². The molecule has 2 atom stereocenters. The molecule has 10 nitrogen and oxygen atoms in total. The van der Waals surface area contributed by atoms with Gasteiger partial charge in [-0.25, -0.2) is 9.59 Å². The fourth-order valence-electron chi connectivity index (χ4n) is 2.46. The van der Waals surface area contributed by atoms with E-state index < -0.39 is 12.1 Å². The molecule has 0 aromatic carbocycles. The second-order valence-electron chi connectivity index (χ2n) is 5.18. The van der Waals surface area contributed by atoms with Crippen molar-refractivity contribution in [2.45, 2.75) is 37.8 Å². The Morgan fingerprint density at radius 1 is 0.875 bits per heavy atom. The fourth-order valence-corrected chi connectivity index (χ4v) is 2.78. The van der Waals surface area contributed by atoms with Crippen molar-refractivity contribution >= 4 is 35.3 Å². The van der Waals surface area contributed by atoms with E-state index in [0.29, 0.717) is 22.9 Å². The van der Waals surface area contributed by atoms with Crippen molar-refractivity contribution in [3.8, 4) is 0 Å². The van der Waals surface area contributed by atoms with Gasteiger partial charge in [-0.15, -0.1) is 33.0 Å². The monoisotopic (exact) mass is 382 g/mol. The zero-order chi connectivity index (χ0) is 17.9. The molecule has 0 radical (unpaired) electrons. The first-order valence-electron chi connectivity index (χ1n) is 7.51. The number of nitroso groups, excluding NO2 is 2. The van der Waals surface area contributed by atoms with Crippen molar-refractivity contribution in [2.75, 3.05) is 24.8 Å². The van der Waals surface area contributed by atoms with Crippen molar-refractivity contribution in [3.05, 3.63) is 9.81 Å². The lowest BCUT2D eigenvalue weighted by atomic mass is 9.90. The Morgan fingerprint density at radius 3 is 1.54 bits per heavy atom. The molecule has 1 saturated carbocycles. The van der Waals surface area contributed by atoms with Gasteiger partial charge in [0.1, 0.15) is 0 Å². The molecule has 0 bridgehead atoms. The Kier molecular flexibility index (Phi) is 9.31. The van der Waals surface area contributed by atoms with E-state index in [2.05, 4.69) is 21.2 Å². The summed E-state index contributed by atoms with van der Waals surface area (Å²) in [4.78, 5) is 45.3. The number of nitrogens with one attached hydrogen (secondary N) is 2. The second kappa shape index (κ2) is 11.0. The van der Waals surface area contributed by atoms with Crippen LogP contribution in [0.25, 0.3) is 0 Å². The Balaban J connectivity index is 2.67. The quantitative estimate of drug-likeness (QED) is 0.379. The Labute approximate surface area is 149 Å². The van der Waals surface area contributed by atoms with E-state index in [0.717, 1.165) is 12.8 Å². The van der Waals surface area contributed by atoms with Crippen molar-refractivity contribution in [2.24, 2.45) is 10.6 Å². The molecule has 1 fully saturated rings. The van der Waals surface area contributed by atoms with Crippen LogP contribution in [-0.2, 0) is 0 Å². The minimum absolute atomic E-state index is 0.0147. The number of rotatable bonds is 8. The van der Waals surface area contributed by atoms with Crippen LogP contribution in [0.5, 0.6) is 0 Å². The van der Waals surface area contributed by atoms with E-state index >= 15 is 0 Å². The third kappa shape index (κ3) is 6.08. The maximum atomic E-state index is 12.0. The van der Waals surface area contributed by atoms with Gasteiger partial charge in [0.2, 0.25) is 0 Å². The molecule has 0 heterocycles. The maximum absolute atomic E-state index is 12.0. The molecular formula is C12H20Cl2N6O4. The molecule has 24 heavy (non-hydrogen) atoms. The van der Waals surface area contributed by atoms with Crippen LogP contribution in [0, 0.1) is 9.81 Å². The van der Waals surface area contributed by atoms with E-state index in [4.69, 9.17) is 23.2 Å². The lowest BCUT2D eigenvalue weighted by Crippen LogP contribution is -2.56. The van der Waals surface area contributed by atoms with Crippen LogP contribution in [0.15, 0.2) is 10.6 Å². The van der Waals surface area contributed by atoms with Gasteiger partial charge in [0.25, 0.3) is 0 Å². The molecular weight excluding hydrogens is 363 g/mol. The molecule has 1 aliphatic carbocycles. The number of halogens is 2. The summed E-state index contributed by atoms with van der Waals surface area (Å²) in [5, 5.41) is 11.9. The molecule has 12 heteroatoms. The molecule has 136 valence electrons. The number of carbonyl (C=O) groups is 2. The fraction of sp³-hybridized carbons (Fsp3) is 0.833. The van der Waals surface area contributed by atoms with Gasteiger partial charge in [0.15, 0.2) is 0 Å². The third-order valence-corrected chi connectivity index (χ3v) is 3.98. The Bertz CT molecular complexity index is 415. The van der Waals surface area contributed by atoms with E-state index in [1.165, 1.54) is 0 Å². The summed E-state index contributed by atoms with van der Waals surface area (Å²) >= 11 is 11.0. The second-order valence-corrected chi connectivity index (χ2v) is 5.94. The zero-order valence-electron chi connectivity index (χ0n) is 13.0. The van der Waals surface area contributed by atoms with Crippen molar-refractivity contribution in [1.29, 1.82) is 0 Å². The van der Waals surface area contributed by atoms with E-state index in [1.54, 1.807) is 0 Å². The van der Waals surface area contributed by atoms with Crippen LogP contribution in [0.4, 0.5) is 9.59 Å². The molecule has 2 N–H and O–H groups in total. The molecule has 0 unspecified atom stereocenters. The van der Waals surface area contributed by atoms with Gasteiger partial charge in [-0.05, 0) is 12.8 Å². The SMILES string of the molecule is O=NN(CCCl)C(=O)N[C@H]1CCCC[C@H]1NC(=O)N(CCCl)N=O. The van der Waals surface area contributed by atoms with E-state index in [9.17, 15) is 19.4 Å². The highest BCUT2D eigenvalue weighted by Gasteiger charge is 2.30. The standard InChI is InChI=1S/C12H20Cl2N6O4/c13-5-7-19(17-23)11(21)15-9-3-1-2-4-10(9)16-12(22)20(18-24)8-6-14/h9-10H,1-8H2,(H,15,21)(H,16,22)/t9-,10+. The average molecular weight is 383 g/mol. The number of hydrogen-bond acceptors (Lipinski definition) is 6. The van der Waals surface area contributed by atoms with Crippen LogP contribution in [0.1, 0.15) is 25.7 Å². The normalized spacial score (nSPS) is 19.9. The summed E-state index contributed by atoms with van der Waals surface area (Å²) in [5.41, 5.74) is 0. The average Bonchev–Trinajstić information content (AvgIpc) is 2.58. The predicted molar refractivity (Wildman–Crippen MR) is 89.5 cm³/mol. The predicted octanol–water partition coefficient (Wildman–Crippen LogP) is 2.16. The third-order valence-electron chi connectivity index (χ3n) is 3.64. The number of hydrogen-bond donors (Lipinski definition) is 2. The summed E-state index contributed by atoms with van der Waals surface area (Å²) in [6.07, 6.45) is 2.96. The Hall–Kier alpha value is -1.68. The highest BCUT2D eigenvalue weighted by Crippen LogP contribution is 2.19. The first-order chi connectivity index (χ1) is 11.6. The minimum Gasteiger partial charge on any atom is -0.332 e. The van der Waals surface area contributed by atoms with Crippen LogP contribution in [0.2, 0.25) is 0 Å². The summed E-state index contributed by atoms with van der Waals surface area (Å²) in [5.74, 6) is 0.144. The molecule has 0 spiro atoms. The summed E-state index contributed by atoms with van der Waals surface area (Å²) in [6.45, 7) is -0.0294. The first-order valence-corrected chi connectivity index (χ1v) is 8.58. The molecule has 1 rings (SSSR count). The number of carbonyl (C=O) groups excluding carboxylic acids is 2. The number of nitrogens with zero attached hydrogens (tertiary/aromatic N) is 4. The molecule has 4 amide bonds. The number of amides is 4. The van der Waals surface area contributed by atoms with Gasteiger partial charge in [-0.2, -0.15) is 10.0 Å². The van der Waals surface area contributed by atoms with Gasteiger partial charge < -0.3 is 10.6 Å². The molecule has 0 aromatic heterocycles. The lowest BCUT2D eigenvalue weighted by molar-refractivity contribution is 0.176. The van der Waals surface area contributed by atoms with Crippen LogP contribution >= 0.6 is 23.2 Å². The van der Waals surface area contributed by atoms with Gasteiger partial charge in [0, 0.05) is 11.8 Å². The molecule has 0 saturated heterocycles. The van der Waals surface area contributed by atoms with Gasteiger partial charge in [-0.3, -0.25) is 0 Å². The van der Waals surface area contributed by atoms with E-state index in [1.807, 2.05) is 0 Å². The Morgan fingerprint density at radius 2 is 1.25 bits per heavy atom. The van der Waals surface area contributed by atoms with E-state index in [-0.39, 0.29) is 36.9 Å². The van der Waals surface area contributed by atoms with Crippen LogP contribution < -0.4 is 10.6 Å². The lowest BCUT2D eigenvalue weighted by Gasteiger charge is -2.33. The van der Waals surface area contributed by atoms with Gasteiger partial charge in [0.05, 0.1) is 35.7 Å². The summed E-state index contributed by atoms with van der Waals surface area (Å²) in [7, 11) is 0. The van der Waals surface area contributed by atoms with Crippen molar-refractivity contribution in [1.82, 2.24) is 20.7 Å². The first kappa shape index (κ1) is 20.4. The van der Waals surface area contributed by atoms with Gasteiger partial charge in [-0.1, -0.05) is 12.8 Å². The highest BCUT2D eigenvalue weighted by atomic mass is 35.5. The van der Waals surface area contributed by atoms with Crippen LogP contribution in [-0.4, -0.2) is 59.0 Å². The number of alkyl halides is 2. The minimum atomic E-state index is -0.678. The molecule has 1 aliphatic rings. The highest BCUT2D eigenvalue weighted by molar-refractivity contribution is 6.18. The smallest absolute Gasteiger partial charge is 0.332 e. The topological polar surface area (TPSA) is 124 Å². The largest absolute Gasteiger partial charge is 0.340 e. The zero-order valence-corrected chi connectivity index (χ0v) is 14.5. The maximum Gasteiger partial charge on any atom is 0.340 e.